The molecule has 0 rings (SSSR count). The zero-order chi connectivity index (χ0) is 18.9. The first kappa shape index (κ1) is 24.4. The molecule has 0 amide bonds. The molecule has 0 fully saturated rings. The van der Waals surface area contributed by atoms with Gasteiger partial charge in [-0.25, -0.2) is 0 Å². The molecule has 1 N–H and O–H groups in total. The first-order chi connectivity index (χ1) is 11.1. The van der Waals surface area contributed by atoms with Crippen LogP contribution in [0.1, 0.15) is 20.8 Å². The van der Waals surface area contributed by atoms with Crippen molar-refractivity contribution in [2.75, 3.05) is 49.5 Å². The molecule has 12 heteroatoms. The molecule has 8 nitrogen and oxygen atoms in total. The topological polar surface area (TPSA) is 116 Å². The Hall–Kier alpha value is 0.390. The Morgan fingerprint density at radius 3 is 1.96 bits per heavy atom. The molecular formula is C12H27O8P3S. The summed E-state index contributed by atoms with van der Waals surface area (Å²) in [4.78, 5) is 21.6. The van der Waals surface area contributed by atoms with Gasteiger partial charge in [0.05, 0.1) is 25.3 Å². The minimum absolute atomic E-state index is 0.0298. The number of esters is 1. The predicted octanol–water partition coefficient (Wildman–Crippen LogP) is 3.68. The van der Waals surface area contributed by atoms with E-state index in [9.17, 15) is 23.4 Å². The van der Waals surface area contributed by atoms with Crippen LogP contribution in [0.5, 0.6) is 0 Å². The molecule has 0 radical (unpaired) electrons. The van der Waals surface area contributed by atoms with E-state index in [1.165, 1.54) is 0 Å². The fourth-order valence-electron chi connectivity index (χ4n) is 2.04. The van der Waals surface area contributed by atoms with Crippen molar-refractivity contribution in [1.82, 2.24) is 0 Å². The van der Waals surface area contributed by atoms with Gasteiger partial charge in [-0.05, 0) is 27.0 Å². The smallest absolute Gasteiger partial charge is 0.315 e. The molecule has 3 atom stereocenters. The number of carbonyl (C=O) groups is 1. The Morgan fingerprint density at radius 1 is 0.958 bits per heavy atom. The molecular weight excluding hydrogens is 397 g/mol. The lowest BCUT2D eigenvalue weighted by Crippen LogP contribution is -2.14. The van der Waals surface area contributed by atoms with Crippen LogP contribution in [0.4, 0.5) is 0 Å². The minimum atomic E-state index is -3.72. The molecule has 0 aromatic rings. The van der Waals surface area contributed by atoms with Crippen molar-refractivity contribution in [3.8, 4) is 0 Å². The highest BCUT2D eigenvalue weighted by molar-refractivity contribution is 8.05. The lowest BCUT2D eigenvalue weighted by atomic mass is 10.8. The van der Waals surface area contributed by atoms with Gasteiger partial charge in [0, 0.05) is 0 Å². The van der Waals surface area contributed by atoms with E-state index < -0.39 is 46.0 Å². The second-order valence-corrected chi connectivity index (χ2v) is 14.6. The monoisotopic (exact) mass is 424 g/mol. The van der Waals surface area contributed by atoms with Gasteiger partial charge < -0.3 is 18.7 Å². The van der Waals surface area contributed by atoms with Crippen molar-refractivity contribution in [3.63, 3.8) is 0 Å². The van der Waals surface area contributed by atoms with Gasteiger partial charge >= 0.3 is 5.97 Å². The Labute approximate surface area is 147 Å². The van der Waals surface area contributed by atoms with Crippen molar-refractivity contribution in [1.29, 1.82) is 0 Å². The van der Waals surface area contributed by atoms with Gasteiger partial charge in [-0.2, -0.15) is 11.8 Å². The van der Waals surface area contributed by atoms with Gasteiger partial charge in [-0.15, -0.1) is 0 Å². The van der Waals surface area contributed by atoms with Crippen molar-refractivity contribution < 1.29 is 37.2 Å². The number of hydrogen-bond acceptors (Lipinski definition) is 8. The Bertz CT molecular complexity index is 538. The summed E-state index contributed by atoms with van der Waals surface area (Å²) in [7, 11) is -11.1. The quantitative estimate of drug-likeness (QED) is 0.349. The summed E-state index contributed by atoms with van der Waals surface area (Å²) in [6, 6.07) is 0. The number of rotatable bonds is 13. The maximum absolute atomic E-state index is 13.0. The van der Waals surface area contributed by atoms with Crippen LogP contribution in [0, 0.1) is 0 Å². The molecule has 24 heavy (non-hydrogen) atoms. The molecule has 0 aliphatic carbocycles. The van der Waals surface area contributed by atoms with E-state index in [2.05, 4.69) is 0 Å². The number of ether oxygens (including phenoxy) is 1. The van der Waals surface area contributed by atoms with E-state index in [-0.39, 0.29) is 25.3 Å². The fourth-order valence-corrected chi connectivity index (χ4v) is 14.1. The summed E-state index contributed by atoms with van der Waals surface area (Å²) in [6.07, 6.45) is 1.12. The molecule has 0 aromatic carbocycles. The second kappa shape index (κ2) is 11.2. The van der Waals surface area contributed by atoms with Gasteiger partial charge in [0.1, 0.15) is 18.0 Å². The molecule has 0 spiro atoms. The van der Waals surface area contributed by atoms with Crippen molar-refractivity contribution in [3.05, 3.63) is 0 Å². The van der Waals surface area contributed by atoms with Crippen LogP contribution < -0.4 is 0 Å². The van der Waals surface area contributed by atoms with Crippen LogP contribution in [-0.2, 0) is 32.3 Å². The van der Waals surface area contributed by atoms with Crippen LogP contribution in [0.3, 0.4) is 0 Å². The highest BCUT2D eigenvalue weighted by atomic mass is 32.2. The molecule has 0 saturated heterocycles. The summed E-state index contributed by atoms with van der Waals surface area (Å²) < 4.78 is 53.1. The highest BCUT2D eigenvalue weighted by Gasteiger charge is 2.41. The predicted molar refractivity (Wildman–Crippen MR) is 97.9 cm³/mol. The molecule has 144 valence electrons. The van der Waals surface area contributed by atoms with Crippen LogP contribution in [-0.4, -0.2) is 60.4 Å². The summed E-state index contributed by atoms with van der Waals surface area (Å²) in [5.41, 5.74) is -0.0825. The standard InChI is InChI=1S/C12H27O8P3S/c1-5-18-12(13)8-22(16,19-6-2)10-23(17,20-7-3)9-21(14,15)11-24-4/h5-11H2,1-4H3,(H,14,15). The fraction of sp³-hybridized carbons (Fsp3) is 0.917. The van der Waals surface area contributed by atoms with Gasteiger partial charge in [-0.1, -0.05) is 0 Å². The third-order valence-electron chi connectivity index (χ3n) is 2.60. The lowest BCUT2D eigenvalue weighted by Gasteiger charge is -2.25. The minimum Gasteiger partial charge on any atom is -0.466 e. The number of thioether (sulfide) groups is 1. The van der Waals surface area contributed by atoms with E-state index >= 15 is 0 Å². The molecule has 0 aliphatic rings. The lowest BCUT2D eigenvalue weighted by molar-refractivity contribution is -0.140. The average Bonchev–Trinajstić information content (AvgIpc) is 2.36. The van der Waals surface area contributed by atoms with E-state index in [1.54, 1.807) is 27.0 Å². The van der Waals surface area contributed by atoms with Gasteiger partial charge in [0.2, 0.25) is 22.1 Å². The third-order valence-corrected chi connectivity index (χ3v) is 14.4. The molecule has 0 heterocycles. The number of hydrogen-bond donors (Lipinski definition) is 1. The molecule has 0 aromatic heterocycles. The van der Waals surface area contributed by atoms with Gasteiger partial charge in [0.25, 0.3) is 0 Å². The van der Waals surface area contributed by atoms with E-state index in [0.717, 1.165) is 11.8 Å². The summed E-state index contributed by atoms with van der Waals surface area (Å²) in [5, 5.41) is 0. The molecule has 3 unspecified atom stereocenters. The second-order valence-electron chi connectivity index (χ2n) is 4.97. The van der Waals surface area contributed by atoms with E-state index in [0.29, 0.717) is 0 Å². The summed E-state index contributed by atoms with van der Waals surface area (Å²) in [6.45, 7) is 4.98. The highest BCUT2D eigenvalue weighted by Crippen LogP contribution is 2.68. The van der Waals surface area contributed by atoms with Crippen LogP contribution in [0.15, 0.2) is 0 Å². The SMILES string of the molecule is CCOC(=O)CP(=O)(CP(=O)(CP(=O)(O)CSC)OCC)OCC. The maximum Gasteiger partial charge on any atom is 0.315 e. The molecule has 0 bridgehead atoms. The van der Waals surface area contributed by atoms with Crippen molar-refractivity contribution >= 4 is 39.8 Å². The zero-order valence-electron chi connectivity index (χ0n) is 14.5. The molecule has 0 saturated carbocycles. The van der Waals surface area contributed by atoms with Crippen LogP contribution in [0.25, 0.3) is 0 Å². The van der Waals surface area contributed by atoms with Crippen LogP contribution >= 0.6 is 33.9 Å². The first-order valence-electron chi connectivity index (χ1n) is 7.46. The first-order valence-corrected chi connectivity index (χ1v) is 14.9. The Kier molecular flexibility index (Phi) is 11.4. The normalized spacial score (nSPS) is 19.0. The van der Waals surface area contributed by atoms with Crippen molar-refractivity contribution in [2.45, 2.75) is 20.8 Å². The number of carbonyl (C=O) groups excluding carboxylic acids is 1. The van der Waals surface area contributed by atoms with E-state index in [1.807, 2.05) is 0 Å². The summed E-state index contributed by atoms with van der Waals surface area (Å²) >= 11 is 1.15. The molecule has 0 aliphatic heterocycles. The maximum atomic E-state index is 13.0. The largest absolute Gasteiger partial charge is 0.466 e. The average molecular weight is 424 g/mol. The van der Waals surface area contributed by atoms with E-state index in [4.69, 9.17) is 13.8 Å². The third kappa shape index (κ3) is 9.76. The van der Waals surface area contributed by atoms with Gasteiger partial charge in [0.15, 0.2) is 0 Å². The van der Waals surface area contributed by atoms with Crippen molar-refractivity contribution in [2.24, 2.45) is 0 Å². The Balaban J connectivity index is 5.39. The van der Waals surface area contributed by atoms with Crippen LogP contribution in [0.2, 0.25) is 0 Å². The summed E-state index contributed by atoms with van der Waals surface area (Å²) in [5.74, 6) is -1.87. The van der Waals surface area contributed by atoms with Gasteiger partial charge in [-0.3, -0.25) is 18.5 Å². The zero-order valence-corrected chi connectivity index (χ0v) is 18.0. The Morgan fingerprint density at radius 2 is 1.50 bits per heavy atom.